The molecule has 0 aliphatic heterocycles. The number of rotatable bonds is 8. The van der Waals surface area contributed by atoms with Crippen molar-refractivity contribution in [1.82, 2.24) is 5.32 Å². The molecule has 0 aromatic heterocycles. The number of ether oxygens (including phenoxy) is 1. The van der Waals surface area contributed by atoms with E-state index in [0.717, 1.165) is 6.42 Å². The molecule has 24 heavy (non-hydrogen) atoms. The third-order valence-corrected chi connectivity index (χ3v) is 3.19. The van der Waals surface area contributed by atoms with Crippen LogP contribution in [0.25, 0.3) is 0 Å². The zero-order valence-corrected chi connectivity index (χ0v) is 14.7. The van der Waals surface area contributed by atoms with E-state index in [0.29, 0.717) is 17.7 Å². The average molecular weight is 358 g/mol. The average Bonchev–Trinajstić information content (AvgIpc) is 2.55. The van der Waals surface area contributed by atoms with Gasteiger partial charge in [-0.05, 0) is 30.7 Å². The Morgan fingerprint density at radius 2 is 1.83 bits per heavy atom. The number of hydrogen-bond donors (Lipinski definition) is 3. The van der Waals surface area contributed by atoms with Crippen LogP contribution < -0.4 is 16.4 Å². The molecule has 0 saturated carbocycles. The number of hydrogen-bond acceptors (Lipinski definition) is 5. The summed E-state index contributed by atoms with van der Waals surface area (Å²) >= 11 is 0. The van der Waals surface area contributed by atoms with Crippen LogP contribution in [-0.4, -0.2) is 37.5 Å². The normalized spacial score (nSPS) is 11.0. The first-order chi connectivity index (χ1) is 11.0. The van der Waals surface area contributed by atoms with Gasteiger partial charge in [-0.1, -0.05) is 13.3 Å². The van der Waals surface area contributed by atoms with Crippen LogP contribution in [0.3, 0.4) is 0 Å². The lowest BCUT2D eigenvalue weighted by atomic mass is 10.1. The van der Waals surface area contributed by atoms with Crippen molar-refractivity contribution in [2.45, 2.75) is 32.2 Å². The number of methoxy groups -OCH3 is 1. The van der Waals surface area contributed by atoms with Gasteiger partial charge >= 0.3 is 5.97 Å². The lowest BCUT2D eigenvalue weighted by Gasteiger charge is -2.11. The number of anilines is 1. The lowest BCUT2D eigenvalue weighted by molar-refractivity contribution is -0.140. The highest BCUT2D eigenvalue weighted by atomic mass is 35.5. The molecule has 0 fully saturated rings. The third-order valence-electron chi connectivity index (χ3n) is 3.19. The molecule has 0 aliphatic rings. The molecular weight excluding hydrogens is 334 g/mol. The van der Waals surface area contributed by atoms with Gasteiger partial charge in [0.05, 0.1) is 19.6 Å². The standard InChI is InChI=1S/C16H23N3O4.ClH/c1-3-4-13(17)16(22)19-12-7-5-11(6-8-12)15(21)18-10-9-14(20)23-2;/h5-8,13H,3-4,9-10,17H2,1-2H3,(H,18,21)(H,19,22);1H. The summed E-state index contributed by atoms with van der Waals surface area (Å²) in [5, 5.41) is 5.31. The minimum absolute atomic E-state index is 0. The summed E-state index contributed by atoms with van der Waals surface area (Å²) in [6, 6.07) is 5.90. The van der Waals surface area contributed by atoms with Gasteiger partial charge in [0.2, 0.25) is 5.91 Å². The first-order valence-corrected chi connectivity index (χ1v) is 7.49. The maximum Gasteiger partial charge on any atom is 0.307 e. The molecule has 8 heteroatoms. The number of nitrogens with one attached hydrogen (secondary N) is 2. The predicted octanol–water partition coefficient (Wildman–Crippen LogP) is 1.47. The van der Waals surface area contributed by atoms with Crippen molar-refractivity contribution in [3.63, 3.8) is 0 Å². The van der Waals surface area contributed by atoms with Gasteiger partial charge in [-0.3, -0.25) is 14.4 Å². The van der Waals surface area contributed by atoms with Crippen LogP contribution >= 0.6 is 12.4 Å². The molecule has 0 spiro atoms. The highest BCUT2D eigenvalue weighted by molar-refractivity contribution is 5.97. The van der Waals surface area contributed by atoms with Crippen LogP contribution in [0.2, 0.25) is 0 Å². The molecule has 0 aliphatic carbocycles. The van der Waals surface area contributed by atoms with E-state index in [1.165, 1.54) is 7.11 Å². The van der Waals surface area contributed by atoms with Crippen molar-refractivity contribution in [2.75, 3.05) is 19.0 Å². The second-order valence-corrected chi connectivity index (χ2v) is 5.04. The molecule has 134 valence electrons. The number of esters is 1. The Balaban J connectivity index is 0.00000529. The maximum absolute atomic E-state index is 11.9. The van der Waals surface area contributed by atoms with Crippen LogP contribution in [-0.2, 0) is 14.3 Å². The quantitative estimate of drug-likeness (QED) is 0.610. The fraction of sp³-hybridized carbons (Fsp3) is 0.438. The van der Waals surface area contributed by atoms with E-state index in [-0.39, 0.29) is 43.2 Å². The van der Waals surface area contributed by atoms with Gasteiger partial charge in [-0.15, -0.1) is 12.4 Å². The minimum Gasteiger partial charge on any atom is -0.469 e. The Labute approximate surface area is 147 Å². The number of nitrogens with two attached hydrogens (primary N) is 1. The summed E-state index contributed by atoms with van der Waals surface area (Å²) in [6.07, 6.45) is 1.57. The molecule has 7 nitrogen and oxygen atoms in total. The summed E-state index contributed by atoms with van der Waals surface area (Å²) in [4.78, 5) is 34.6. The van der Waals surface area contributed by atoms with Crippen molar-refractivity contribution in [3.8, 4) is 0 Å². The molecule has 4 N–H and O–H groups in total. The molecule has 0 bridgehead atoms. The Kier molecular flexibility index (Phi) is 10.4. The zero-order chi connectivity index (χ0) is 17.2. The molecule has 1 unspecified atom stereocenters. The fourth-order valence-corrected chi connectivity index (χ4v) is 1.86. The van der Waals surface area contributed by atoms with E-state index in [1.54, 1.807) is 24.3 Å². The summed E-state index contributed by atoms with van der Waals surface area (Å²) in [6.45, 7) is 2.16. The SMILES string of the molecule is CCCC(N)C(=O)Nc1ccc(C(=O)NCCC(=O)OC)cc1.Cl. The van der Waals surface area contributed by atoms with Gasteiger partial charge in [-0.25, -0.2) is 0 Å². The van der Waals surface area contributed by atoms with Gasteiger partial charge in [-0.2, -0.15) is 0 Å². The summed E-state index contributed by atoms with van der Waals surface area (Å²) < 4.78 is 4.49. The first-order valence-electron chi connectivity index (χ1n) is 7.49. The van der Waals surface area contributed by atoms with Gasteiger partial charge in [0, 0.05) is 17.8 Å². The molecule has 1 aromatic rings. The van der Waals surface area contributed by atoms with Crippen molar-refractivity contribution in [3.05, 3.63) is 29.8 Å². The fourth-order valence-electron chi connectivity index (χ4n) is 1.86. The Morgan fingerprint density at radius 1 is 1.21 bits per heavy atom. The van der Waals surface area contributed by atoms with Crippen LogP contribution in [0.4, 0.5) is 5.69 Å². The molecule has 0 radical (unpaired) electrons. The number of amides is 2. The van der Waals surface area contributed by atoms with E-state index in [2.05, 4.69) is 15.4 Å². The number of carbonyl (C=O) groups is 3. The monoisotopic (exact) mass is 357 g/mol. The van der Waals surface area contributed by atoms with Gasteiger partial charge in [0.25, 0.3) is 5.91 Å². The van der Waals surface area contributed by atoms with Crippen LogP contribution in [0.15, 0.2) is 24.3 Å². The predicted molar refractivity (Wildman–Crippen MR) is 94.2 cm³/mol. The van der Waals surface area contributed by atoms with Crippen LogP contribution in [0, 0.1) is 0 Å². The van der Waals surface area contributed by atoms with Crippen molar-refractivity contribution < 1.29 is 19.1 Å². The summed E-state index contributed by atoms with van der Waals surface area (Å²) in [5.74, 6) is -0.927. The molecule has 0 heterocycles. The van der Waals surface area contributed by atoms with E-state index in [9.17, 15) is 14.4 Å². The molecule has 1 rings (SSSR count). The van der Waals surface area contributed by atoms with Crippen molar-refractivity contribution >= 4 is 35.9 Å². The lowest BCUT2D eigenvalue weighted by Crippen LogP contribution is -2.35. The Bertz CT molecular complexity index is 549. The maximum atomic E-state index is 11.9. The Hall–Kier alpha value is -2.12. The van der Waals surface area contributed by atoms with Gasteiger partial charge in [0.15, 0.2) is 0 Å². The van der Waals surface area contributed by atoms with E-state index < -0.39 is 6.04 Å². The van der Waals surface area contributed by atoms with Gasteiger partial charge in [0.1, 0.15) is 0 Å². The third kappa shape index (κ3) is 7.43. The van der Waals surface area contributed by atoms with Crippen molar-refractivity contribution in [1.29, 1.82) is 0 Å². The van der Waals surface area contributed by atoms with E-state index >= 15 is 0 Å². The largest absolute Gasteiger partial charge is 0.469 e. The molecule has 1 atom stereocenters. The highest BCUT2D eigenvalue weighted by Crippen LogP contribution is 2.10. The molecular formula is C16H24ClN3O4. The van der Waals surface area contributed by atoms with Crippen LogP contribution in [0.5, 0.6) is 0 Å². The molecule has 0 saturated heterocycles. The first kappa shape index (κ1) is 21.9. The van der Waals surface area contributed by atoms with E-state index in [4.69, 9.17) is 5.73 Å². The number of halogens is 1. The second kappa shape index (κ2) is 11.4. The molecule has 1 aromatic carbocycles. The number of benzene rings is 1. The van der Waals surface area contributed by atoms with Crippen molar-refractivity contribution in [2.24, 2.45) is 5.73 Å². The van der Waals surface area contributed by atoms with Crippen LogP contribution in [0.1, 0.15) is 36.5 Å². The van der Waals surface area contributed by atoms with E-state index in [1.807, 2.05) is 6.92 Å². The second-order valence-electron chi connectivity index (χ2n) is 5.04. The summed E-state index contributed by atoms with van der Waals surface area (Å²) in [5.41, 5.74) is 6.74. The smallest absolute Gasteiger partial charge is 0.307 e. The molecule has 2 amide bonds. The number of carbonyl (C=O) groups excluding carboxylic acids is 3. The topological polar surface area (TPSA) is 111 Å². The van der Waals surface area contributed by atoms with Gasteiger partial charge < -0.3 is 21.1 Å². The zero-order valence-electron chi connectivity index (χ0n) is 13.8. The minimum atomic E-state index is -0.540. The Morgan fingerprint density at radius 3 is 2.38 bits per heavy atom. The summed E-state index contributed by atoms with van der Waals surface area (Å²) in [7, 11) is 1.30. The highest BCUT2D eigenvalue weighted by Gasteiger charge is 2.12.